The maximum atomic E-state index is 10.9. The normalized spacial score (nSPS) is 29.1. The van der Waals surface area contributed by atoms with Crippen LogP contribution in [0.2, 0.25) is 0 Å². The van der Waals surface area contributed by atoms with E-state index in [-0.39, 0.29) is 0 Å². The first-order valence-corrected chi connectivity index (χ1v) is 5.32. The van der Waals surface area contributed by atoms with E-state index in [9.17, 15) is 4.79 Å². The maximum absolute atomic E-state index is 10.9. The second-order valence-electron chi connectivity index (χ2n) is 2.95. The minimum Gasteiger partial charge on any atom is -0.479 e. The van der Waals surface area contributed by atoms with Gasteiger partial charge in [-0.15, -0.1) is 0 Å². The van der Waals surface area contributed by atoms with Crippen molar-refractivity contribution in [3.63, 3.8) is 0 Å². The molecule has 0 bridgehead atoms. The molecule has 1 rings (SSSR count). The summed E-state index contributed by atoms with van der Waals surface area (Å²) in [5.41, 5.74) is -0.874. The van der Waals surface area contributed by atoms with E-state index in [1.165, 1.54) is 0 Å². The summed E-state index contributed by atoms with van der Waals surface area (Å²) in [6.07, 6.45) is 1.52. The van der Waals surface area contributed by atoms with Gasteiger partial charge in [0.2, 0.25) is 0 Å². The monoisotopic (exact) mass is 190 g/mol. The molecule has 1 aliphatic rings. The van der Waals surface area contributed by atoms with Crippen molar-refractivity contribution in [2.45, 2.75) is 25.4 Å². The van der Waals surface area contributed by atoms with Gasteiger partial charge in [-0.1, -0.05) is 6.92 Å². The maximum Gasteiger partial charge on any atom is 0.336 e. The van der Waals surface area contributed by atoms with Crippen LogP contribution >= 0.6 is 11.8 Å². The van der Waals surface area contributed by atoms with Gasteiger partial charge in [0.15, 0.2) is 5.60 Å². The highest BCUT2D eigenvalue weighted by Gasteiger charge is 2.42. The molecule has 70 valence electrons. The first kappa shape index (κ1) is 9.86. The standard InChI is InChI=1S/C8H14O3S/c1-2-4-11-8(7(9)10)3-5-12-6-8/h2-6H2,1H3,(H,9,10). The Kier molecular flexibility index (Phi) is 3.40. The molecule has 0 saturated carbocycles. The molecule has 4 heteroatoms. The molecule has 0 spiro atoms. The van der Waals surface area contributed by atoms with E-state index in [1.807, 2.05) is 6.92 Å². The Morgan fingerprint density at radius 2 is 2.50 bits per heavy atom. The number of carboxylic acid groups (broad SMARTS) is 1. The average molecular weight is 190 g/mol. The number of thioether (sulfide) groups is 1. The fourth-order valence-electron chi connectivity index (χ4n) is 1.19. The zero-order valence-electron chi connectivity index (χ0n) is 7.21. The largest absolute Gasteiger partial charge is 0.479 e. The highest BCUT2D eigenvalue weighted by Crippen LogP contribution is 2.31. The van der Waals surface area contributed by atoms with Gasteiger partial charge >= 0.3 is 5.97 Å². The molecule has 0 aromatic rings. The number of aliphatic carboxylic acids is 1. The van der Waals surface area contributed by atoms with Gasteiger partial charge in [0.1, 0.15) is 0 Å². The second kappa shape index (κ2) is 4.14. The quantitative estimate of drug-likeness (QED) is 0.727. The van der Waals surface area contributed by atoms with Crippen molar-refractivity contribution in [1.82, 2.24) is 0 Å². The van der Waals surface area contributed by atoms with Crippen LogP contribution < -0.4 is 0 Å². The van der Waals surface area contributed by atoms with Crippen molar-refractivity contribution in [1.29, 1.82) is 0 Å². The van der Waals surface area contributed by atoms with Crippen molar-refractivity contribution in [3.8, 4) is 0 Å². The molecule has 3 nitrogen and oxygen atoms in total. The lowest BCUT2D eigenvalue weighted by Gasteiger charge is -2.22. The number of carbonyl (C=O) groups is 1. The van der Waals surface area contributed by atoms with Crippen LogP contribution in [0.25, 0.3) is 0 Å². The first-order valence-electron chi connectivity index (χ1n) is 4.16. The molecular formula is C8H14O3S. The highest BCUT2D eigenvalue weighted by molar-refractivity contribution is 7.99. The summed E-state index contributed by atoms with van der Waals surface area (Å²) in [6.45, 7) is 2.53. The smallest absolute Gasteiger partial charge is 0.336 e. The molecule has 1 saturated heterocycles. The van der Waals surface area contributed by atoms with Crippen LogP contribution in [0.5, 0.6) is 0 Å². The summed E-state index contributed by atoms with van der Waals surface area (Å²) in [7, 11) is 0. The van der Waals surface area contributed by atoms with Gasteiger partial charge in [-0.2, -0.15) is 11.8 Å². The molecule has 1 fully saturated rings. The van der Waals surface area contributed by atoms with E-state index in [1.54, 1.807) is 11.8 Å². The van der Waals surface area contributed by atoms with Gasteiger partial charge in [0.25, 0.3) is 0 Å². The van der Waals surface area contributed by atoms with E-state index in [0.717, 1.165) is 12.2 Å². The molecule has 0 aromatic heterocycles. The zero-order chi connectivity index (χ0) is 9.03. The van der Waals surface area contributed by atoms with Crippen LogP contribution in [-0.4, -0.2) is 34.8 Å². The third kappa shape index (κ3) is 1.93. The number of carboxylic acids is 1. The Morgan fingerprint density at radius 1 is 1.75 bits per heavy atom. The van der Waals surface area contributed by atoms with E-state index >= 15 is 0 Å². The number of hydrogen-bond acceptors (Lipinski definition) is 3. The zero-order valence-corrected chi connectivity index (χ0v) is 8.02. The van der Waals surface area contributed by atoms with E-state index in [0.29, 0.717) is 18.8 Å². The van der Waals surface area contributed by atoms with Crippen molar-refractivity contribution >= 4 is 17.7 Å². The molecule has 0 radical (unpaired) electrons. The summed E-state index contributed by atoms with van der Waals surface area (Å²) in [5.74, 6) is 0.694. The second-order valence-corrected chi connectivity index (χ2v) is 4.06. The summed E-state index contributed by atoms with van der Waals surface area (Å²) >= 11 is 1.65. The third-order valence-electron chi connectivity index (χ3n) is 1.96. The molecule has 1 N–H and O–H groups in total. The van der Waals surface area contributed by atoms with Gasteiger partial charge in [0.05, 0.1) is 0 Å². The minimum atomic E-state index is -0.874. The molecular weight excluding hydrogens is 176 g/mol. The predicted octanol–water partition coefficient (Wildman–Crippen LogP) is 1.37. The predicted molar refractivity (Wildman–Crippen MR) is 48.6 cm³/mol. The fraction of sp³-hybridized carbons (Fsp3) is 0.875. The van der Waals surface area contributed by atoms with E-state index in [2.05, 4.69) is 0 Å². The number of hydrogen-bond donors (Lipinski definition) is 1. The first-order chi connectivity index (χ1) is 5.71. The molecule has 0 amide bonds. The Hall–Kier alpha value is -0.220. The van der Waals surface area contributed by atoms with E-state index in [4.69, 9.17) is 9.84 Å². The average Bonchev–Trinajstić information content (AvgIpc) is 2.50. The Morgan fingerprint density at radius 3 is 2.92 bits per heavy atom. The van der Waals surface area contributed by atoms with Gasteiger partial charge < -0.3 is 9.84 Å². The summed E-state index contributed by atoms with van der Waals surface area (Å²) in [4.78, 5) is 10.9. The molecule has 1 unspecified atom stereocenters. The topological polar surface area (TPSA) is 46.5 Å². The fourth-order valence-corrected chi connectivity index (χ4v) is 2.49. The van der Waals surface area contributed by atoms with Crippen molar-refractivity contribution in [3.05, 3.63) is 0 Å². The summed E-state index contributed by atoms with van der Waals surface area (Å²) < 4.78 is 5.38. The SMILES string of the molecule is CCCOC1(C(=O)O)CCSC1. The molecule has 1 aliphatic heterocycles. The van der Waals surface area contributed by atoms with Crippen LogP contribution in [0.3, 0.4) is 0 Å². The number of ether oxygens (including phenoxy) is 1. The van der Waals surface area contributed by atoms with E-state index < -0.39 is 11.6 Å². The Balaban J connectivity index is 2.53. The number of rotatable bonds is 4. The molecule has 0 aliphatic carbocycles. The Labute approximate surface area is 76.5 Å². The van der Waals surface area contributed by atoms with Crippen LogP contribution in [0.15, 0.2) is 0 Å². The minimum absolute atomic E-state index is 0.548. The Bertz CT molecular complexity index is 164. The molecule has 1 heterocycles. The lowest BCUT2D eigenvalue weighted by molar-refractivity contribution is -0.162. The van der Waals surface area contributed by atoms with Gasteiger partial charge in [-0.3, -0.25) is 0 Å². The lowest BCUT2D eigenvalue weighted by atomic mass is 10.0. The van der Waals surface area contributed by atoms with Crippen LogP contribution in [0.4, 0.5) is 0 Å². The van der Waals surface area contributed by atoms with Crippen molar-refractivity contribution in [2.24, 2.45) is 0 Å². The van der Waals surface area contributed by atoms with Crippen LogP contribution in [-0.2, 0) is 9.53 Å². The summed E-state index contributed by atoms with van der Waals surface area (Å²) in [5, 5.41) is 8.95. The highest BCUT2D eigenvalue weighted by atomic mass is 32.2. The van der Waals surface area contributed by atoms with Gasteiger partial charge in [-0.05, 0) is 18.6 Å². The van der Waals surface area contributed by atoms with Crippen molar-refractivity contribution < 1.29 is 14.6 Å². The third-order valence-corrected chi connectivity index (χ3v) is 3.12. The van der Waals surface area contributed by atoms with Crippen LogP contribution in [0, 0.1) is 0 Å². The van der Waals surface area contributed by atoms with Crippen LogP contribution in [0.1, 0.15) is 19.8 Å². The van der Waals surface area contributed by atoms with Crippen molar-refractivity contribution in [2.75, 3.05) is 18.1 Å². The molecule has 0 aromatic carbocycles. The molecule has 12 heavy (non-hydrogen) atoms. The van der Waals surface area contributed by atoms with Gasteiger partial charge in [0, 0.05) is 12.4 Å². The summed E-state index contributed by atoms with van der Waals surface area (Å²) in [6, 6.07) is 0. The van der Waals surface area contributed by atoms with Gasteiger partial charge in [-0.25, -0.2) is 4.79 Å². The molecule has 1 atom stereocenters. The lowest BCUT2D eigenvalue weighted by Crippen LogP contribution is -2.41.